The second-order valence-corrected chi connectivity index (χ2v) is 10.6. The third kappa shape index (κ3) is 5.42. The molecule has 2 heterocycles. The van der Waals surface area contributed by atoms with Crippen LogP contribution in [0.5, 0.6) is 0 Å². The van der Waals surface area contributed by atoms with E-state index in [-0.39, 0.29) is 0 Å². The van der Waals surface area contributed by atoms with E-state index in [1.807, 2.05) is 12.1 Å². The molecule has 1 aliphatic rings. The van der Waals surface area contributed by atoms with E-state index in [0.29, 0.717) is 6.04 Å². The van der Waals surface area contributed by atoms with Crippen molar-refractivity contribution in [2.45, 2.75) is 19.0 Å². The maximum Gasteiger partial charge on any atom is 0.0602 e. The summed E-state index contributed by atoms with van der Waals surface area (Å²) >= 11 is 6.17. The number of piperazine rings is 1. The molecule has 0 saturated carbocycles. The summed E-state index contributed by atoms with van der Waals surface area (Å²) in [4.78, 5) is 5.29. The molecule has 4 aromatic carbocycles. The fraction of sp³-hybridized carbons (Fsp3) is 0.235. The Kier molecular flexibility index (Phi) is 7.59. The normalized spacial score (nSPS) is 14.9. The molecule has 6 rings (SSSR count). The molecule has 5 aromatic rings. The number of hydrogen-bond acceptors (Lipinski definition) is 2. The monoisotopic (exact) mass is 519 g/mol. The molecule has 1 aliphatic heterocycles. The highest BCUT2D eigenvalue weighted by Gasteiger charge is 2.26. The second-order valence-electron chi connectivity index (χ2n) is 10.2. The van der Waals surface area contributed by atoms with E-state index in [9.17, 15) is 0 Å². The number of benzene rings is 4. The van der Waals surface area contributed by atoms with E-state index in [2.05, 4.69) is 117 Å². The summed E-state index contributed by atoms with van der Waals surface area (Å²) in [5.41, 5.74) is 6.53. The number of aromatic nitrogens is 1. The Hall–Kier alpha value is -3.37. The van der Waals surface area contributed by atoms with Crippen LogP contribution in [-0.2, 0) is 6.54 Å². The average molecular weight is 520 g/mol. The maximum atomic E-state index is 6.17. The minimum atomic E-state index is 0.313. The van der Waals surface area contributed by atoms with Crippen molar-refractivity contribution in [2.24, 2.45) is 0 Å². The molecule has 3 nitrogen and oxygen atoms in total. The van der Waals surface area contributed by atoms with Crippen molar-refractivity contribution in [2.75, 3.05) is 32.7 Å². The lowest BCUT2D eigenvalue weighted by Gasteiger charge is -2.40. The van der Waals surface area contributed by atoms with Crippen molar-refractivity contribution in [1.29, 1.82) is 0 Å². The molecule has 1 aromatic heterocycles. The van der Waals surface area contributed by atoms with E-state index in [1.54, 1.807) is 0 Å². The first-order valence-corrected chi connectivity index (χ1v) is 14.0. The number of halogens is 1. The highest BCUT2D eigenvalue weighted by Crippen LogP contribution is 2.31. The molecule has 1 saturated heterocycles. The Labute approximate surface area is 230 Å². The third-order valence-corrected chi connectivity index (χ3v) is 8.06. The number of nitrogens with zero attached hydrogens (tertiary/aromatic N) is 3. The number of rotatable bonds is 8. The van der Waals surface area contributed by atoms with Gasteiger partial charge in [-0.15, -0.1) is 0 Å². The Balaban J connectivity index is 1.12. The summed E-state index contributed by atoms with van der Waals surface area (Å²) in [6.45, 7) is 6.48. The van der Waals surface area contributed by atoms with Gasteiger partial charge in [-0.3, -0.25) is 4.90 Å². The number of para-hydroxylation sites is 1. The van der Waals surface area contributed by atoms with Gasteiger partial charge in [-0.2, -0.15) is 0 Å². The SMILES string of the molecule is Clc1ccc(-c2cc3ccccc3n2CCCN2CCN(C(c3ccccc3)c3ccccc3)CC2)cc1. The van der Waals surface area contributed by atoms with Crippen molar-refractivity contribution in [3.8, 4) is 11.3 Å². The molecule has 4 heteroatoms. The van der Waals surface area contributed by atoms with Crippen molar-refractivity contribution >= 4 is 22.5 Å². The van der Waals surface area contributed by atoms with Crippen molar-refractivity contribution < 1.29 is 0 Å². The summed E-state index contributed by atoms with van der Waals surface area (Å²) < 4.78 is 2.48. The molecule has 0 N–H and O–H groups in total. The third-order valence-electron chi connectivity index (χ3n) is 7.81. The fourth-order valence-electron chi connectivity index (χ4n) is 5.89. The van der Waals surface area contributed by atoms with Gasteiger partial charge in [0, 0.05) is 54.3 Å². The van der Waals surface area contributed by atoms with Gasteiger partial charge in [-0.25, -0.2) is 0 Å². The van der Waals surface area contributed by atoms with Gasteiger partial charge in [-0.1, -0.05) is 103 Å². The summed E-state index contributed by atoms with van der Waals surface area (Å²) in [5.74, 6) is 0. The van der Waals surface area contributed by atoms with Crippen LogP contribution in [0.4, 0.5) is 0 Å². The van der Waals surface area contributed by atoms with E-state index in [4.69, 9.17) is 11.6 Å². The zero-order valence-corrected chi connectivity index (χ0v) is 22.5. The first kappa shape index (κ1) is 24.9. The predicted octanol–water partition coefficient (Wildman–Crippen LogP) is 7.76. The molecule has 0 aliphatic carbocycles. The smallest absolute Gasteiger partial charge is 0.0602 e. The Morgan fingerprint density at radius 2 is 1.24 bits per heavy atom. The van der Waals surface area contributed by atoms with Gasteiger partial charge in [0.05, 0.1) is 6.04 Å². The Morgan fingerprint density at radius 3 is 1.89 bits per heavy atom. The van der Waals surface area contributed by atoms with Crippen LogP contribution in [0.2, 0.25) is 5.02 Å². The number of hydrogen-bond donors (Lipinski definition) is 0. The molecule has 0 amide bonds. The van der Waals surface area contributed by atoms with Crippen molar-refractivity contribution in [1.82, 2.24) is 14.4 Å². The lowest BCUT2D eigenvalue weighted by molar-refractivity contribution is 0.108. The molecular formula is C34H34ClN3. The number of aryl methyl sites for hydroxylation is 1. The van der Waals surface area contributed by atoms with Crippen LogP contribution >= 0.6 is 11.6 Å². The van der Waals surface area contributed by atoms with E-state index in [0.717, 1.165) is 50.7 Å². The summed E-state index contributed by atoms with van der Waals surface area (Å²) in [7, 11) is 0. The lowest BCUT2D eigenvalue weighted by Crippen LogP contribution is -2.48. The lowest BCUT2D eigenvalue weighted by atomic mass is 9.96. The van der Waals surface area contributed by atoms with Crippen molar-refractivity contribution in [3.63, 3.8) is 0 Å². The second kappa shape index (κ2) is 11.6. The largest absolute Gasteiger partial charge is 0.340 e. The van der Waals surface area contributed by atoms with Crippen LogP contribution in [0, 0.1) is 0 Å². The maximum absolute atomic E-state index is 6.17. The molecule has 0 bridgehead atoms. The molecule has 0 radical (unpaired) electrons. The highest BCUT2D eigenvalue weighted by molar-refractivity contribution is 6.30. The van der Waals surface area contributed by atoms with E-state index in [1.165, 1.54) is 33.3 Å². The molecule has 38 heavy (non-hydrogen) atoms. The molecular weight excluding hydrogens is 486 g/mol. The van der Waals surface area contributed by atoms with Crippen LogP contribution in [0.15, 0.2) is 115 Å². The minimum Gasteiger partial charge on any atom is -0.340 e. The van der Waals surface area contributed by atoms with Crippen LogP contribution < -0.4 is 0 Å². The zero-order valence-electron chi connectivity index (χ0n) is 21.7. The van der Waals surface area contributed by atoms with Gasteiger partial charge in [0.15, 0.2) is 0 Å². The predicted molar refractivity (Wildman–Crippen MR) is 160 cm³/mol. The molecule has 1 fully saturated rings. The van der Waals surface area contributed by atoms with Gasteiger partial charge >= 0.3 is 0 Å². The van der Waals surface area contributed by atoms with Crippen LogP contribution in [0.3, 0.4) is 0 Å². The summed E-state index contributed by atoms with van der Waals surface area (Å²) in [6, 6.07) is 41.5. The van der Waals surface area contributed by atoms with Gasteiger partial charge in [0.25, 0.3) is 0 Å². The van der Waals surface area contributed by atoms with E-state index >= 15 is 0 Å². The zero-order chi connectivity index (χ0) is 25.7. The first-order valence-electron chi connectivity index (χ1n) is 13.7. The van der Waals surface area contributed by atoms with Gasteiger partial charge in [0.1, 0.15) is 0 Å². The Morgan fingerprint density at radius 1 is 0.632 bits per heavy atom. The van der Waals surface area contributed by atoms with Gasteiger partial charge in [-0.05, 0) is 53.9 Å². The Bertz CT molecular complexity index is 1410. The quantitative estimate of drug-likeness (QED) is 0.207. The van der Waals surface area contributed by atoms with Gasteiger partial charge < -0.3 is 9.47 Å². The standard InChI is InChI=1S/C34H34ClN3/c35-31-18-16-27(17-19-31)33-26-30-14-7-8-15-32(30)38(33)21-9-20-36-22-24-37(25-23-36)34(28-10-3-1-4-11-28)29-12-5-2-6-13-29/h1-8,10-19,26,34H,9,20-25H2. The highest BCUT2D eigenvalue weighted by atomic mass is 35.5. The van der Waals surface area contributed by atoms with Crippen molar-refractivity contribution in [3.05, 3.63) is 131 Å². The topological polar surface area (TPSA) is 11.4 Å². The average Bonchev–Trinajstić information content (AvgIpc) is 3.34. The van der Waals surface area contributed by atoms with E-state index < -0.39 is 0 Å². The van der Waals surface area contributed by atoms with Gasteiger partial charge in [0.2, 0.25) is 0 Å². The molecule has 0 spiro atoms. The molecule has 0 unspecified atom stereocenters. The first-order chi connectivity index (χ1) is 18.8. The van der Waals surface area contributed by atoms with Crippen LogP contribution in [0.1, 0.15) is 23.6 Å². The summed E-state index contributed by atoms with van der Waals surface area (Å²) in [6.07, 6.45) is 1.13. The minimum absolute atomic E-state index is 0.313. The molecule has 192 valence electrons. The summed E-state index contributed by atoms with van der Waals surface area (Å²) in [5, 5.41) is 2.07. The number of fused-ring (bicyclic) bond motifs is 1. The van der Waals surface area contributed by atoms with Crippen LogP contribution in [-0.4, -0.2) is 47.1 Å². The van der Waals surface area contributed by atoms with Crippen LogP contribution in [0.25, 0.3) is 22.2 Å². The fourth-order valence-corrected chi connectivity index (χ4v) is 6.02. The molecule has 0 atom stereocenters.